The first-order chi connectivity index (χ1) is 13.0. The largest absolute Gasteiger partial charge is 0.455 e. The summed E-state index contributed by atoms with van der Waals surface area (Å²) in [7, 11) is -1.29. The molecular formula is C21H20ClNO3S. The number of rotatable bonds is 7. The van der Waals surface area contributed by atoms with Gasteiger partial charge in [-0.25, -0.2) is 0 Å². The molecule has 3 aromatic rings. The van der Waals surface area contributed by atoms with E-state index in [1.54, 1.807) is 36.4 Å². The van der Waals surface area contributed by atoms with Gasteiger partial charge in [0.05, 0.1) is 16.6 Å². The molecule has 0 saturated heterocycles. The van der Waals surface area contributed by atoms with Gasteiger partial charge in [0, 0.05) is 16.5 Å². The van der Waals surface area contributed by atoms with Crippen LogP contribution in [-0.2, 0) is 23.0 Å². The molecule has 0 spiro atoms. The zero-order chi connectivity index (χ0) is 19.2. The molecule has 0 aliphatic rings. The second-order valence-corrected chi connectivity index (χ2v) is 8.09. The molecule has 1 atom stereocenters. The van der Waals surface area contributed by atoms with Crippen molar-refractivity contribution in [1.29, 1.82) is 0 Å². The van der Waals surface area contributed by atoms with Gasteiger partial charge in [0.2, 0.25) is 0 Å². The summed E-state index contributed by atoms with van der Waals surface area (Å²) < 4.78 is 17.9. The molecule has 0 radical (unpaired) electrons. The highest BCUT2D eigenvalue weighted by molar-refractivity contribution is 7.84. The molecule has 140 valence electrons. The van der Waals surface area contributed by atoms with Crippen molar-refractivity contribution in [3.63, 3.8) is 0 Å². The van der Waals surface area contributed by atoms with Gasteiger partial charge >= 0.3 is 0 Å². The Morgan fingerprint density at radius 2 is 1.89 bits per heavy atom. The molecule has 27 heavy (non-hydrogen) atoms. The number of halogens is 1. The van der Waals surface area contributed by atoms with Crippen LogP contribution >= 0.6 is 11.6 Å². The summed E-state index contributed by atoms with van der Waals surface area (Å²) >= 11 is 5.93. The summed E-state index contributed by atoms with van der Waals surface area (Å²) in [5.41, 5.74) is 2.37. The average molecular weight is 402 g/mol. The Labute approximate surface area is 166 Å². The van der Waals surface area contributed by atoms with Crippen LogP contribution in [0.15, 0.2) is 70.0 Å². The van der Waals surface area contributed by atoms with E-state index in [9.17, 15) is 9.00 Å². The molecule has 0 bridgehead atoms. The molecular weight excluding hydrogens is 382 g/mol. The second kappa shape index (κ2) is 9.02. The smallest absolute Gasteiger partial charge is 0.287 e. The average Bonchev–Trinajstić information content (AvgIpc) is 3.12. The number of hydrogen-bond donors (Lipinski definition) is 1. The maximum Gasteiger partial charge on any atom is 0.287 e. The van der Waals surface area contributed by atoms with Gasteiger partial charge in [-0.05, 0) is 49.2 Å². The third-order valence-electron chi connectivity index (χ3n) is 4.04. The van der Waals surface area contributed by atoms with Gasteiger partial charge in [0.25, 0.3) is 5.91 Å². The first kappa shape index (κ1) is 19.4. The molecule has 2 aromatic carbocycles. The molecule has 0 fully saturated rings. The number of furan rings is 1. The standard InChI is InChI=1S/C21H20ClNO3S/c1-15-5-7-16(8-6-15)11-12-23-21(24)20-10-9-18(26-20)14-27(25)19-4-2-3-17(22)13-19/h2-10,13H,11-12,14H2,1H3,(H,23,24)/t27-/m1/s1. The van der Waals surface area contributed by atoms with E-state index in [-0.39, 0.29) is 17.4 Å². The predicted octanol–water partition coefficient (Wildman–Crippen LogP) is 4.52. The minimum absolute atomic E-state index is 0.191. The Hall–Kier alpha value is -2.37. The third kappa shape index (κ3) is 5.55. The van der Waals surface area contributed by atoms with Gasteiger partial charge in [-0.2, -0.15) is 0 Å². The van der Waals surface area contributed by atoms with Gasteiger partial charge in [-0.1, -0.05) is 47.5 Å². The van der Waals surface area contributed by atoms with Crippen LogP contribution in [0.3, 0.4) is 0 Å². The van der Waals surface area contributed by atoms with Crippen molar-refractivity contribution in [3.8, 4) is 0 Å². The van der Waals surface area contributed by atoms with Gasteiger partial charge in [0.1, 0.15) is 5.76 Å². The van der Waals surface area contributed by atoms with Crippen molar-refractivity contribution in [1.82, 2.24) is 5.32 Å². The minimum Gasteiger partial charge on any atom is -0.455 e. The normalized spacial score (nSPS) is 11.9. The van der Waals surface area contributed by atoms with Crippen LogP contribution in [0.2, 0.25) is 5.02 Å². The molecule has 0 saturated carbocycles. The van der Waals surface area contributed by atoms with E-state index in [0.29, 0.717) is 22.2 Å². The lowest BCUT2D eigenvalue weighted by atomic mass is 10.1. The fraction of sp³-hybridized carbons (Fsp3) is 0.190. The topological polar surface area (TPSA) is 59.3 Å². The van der Waals surface area contributed by atoms with E-state index < -0.39 is 10.8 Å². The van der Waals surface area contributed by atoms with E-state index in [2.05, 4.69) is 29.6 Å². The summed E-state index contributed by atoms with van der Waals surface area (Å²) in [4.78, 5) is 12.8. The fourth-order valence-corrected chi connectivity index (χ4v) is 3.88. The number of benzene rings is 2. The lowest BCUT2D eigenvalue weighted by Crippen LogP contribution is -2.25. The molecule has 1 N–H and O–H groups in total. The Balaban J connectivity index is 1.52. The lowest BCUT2D eigenvalue weighted by Gasteiger charge is -2.04. The van der Waals surface area contributed by atoms with Gasteiger partial charge in [0.15, 0.2) is 5.76 Å². The fourth-order valence-electron chi connectivity index (χ4n) is 2.56. The van der Waals surface area contributed by atoms with E-state index in [0.717, 1.165) is 12.0 Å². The summed E-state index contributed by atoms with van der Waals surface area (Å²) in [5, 5.41) is 3.38. The molecule has 1 heterocycles. The predicted molar refractivity (Wildman–Crippen MR) is 107 cm³/mol. The maximum absolute atomic E-state index is 12.4. The van der Waals surface area contributed by atoms with E-state index in [1.165, 1.54) is 5.56 Å². The van der Waals surface area contributed by atoms with Crippen molar-refractivity contribution in [2.75, 3.05) is 6.54 Å². The molecule has 3 rings (SSSR count). The van der Waals surface area contributed by atoms with Crippen LogP contribution in [0.25, 0.3) is 0 Å². The first-order valence-corrected chi connectivity index (χ1v) is 10.3. The zero-order valence-corrected chi connectivity index (χ0v) is 16.5. The van der Waals surface area contributed by atoms with Crippen LogP contribution in [0.4, 0.5) is 0 Å². The molecule has 6 heteroatoms. The monoisotopic (exact) mass is 401 g/mol. The van der Waals surface area contributed by atoms with Crippen molar-refractivity contribution < 1.29 is 13.4 Å². The van der Waals surface area contributed by atoms with Crippen molar-refractivity contribution in [2.24, 2.45) is 0 Å². The van der Waals surface area contributed by atoms with Crippen LogP contribution in [-0.4, -0.2) is 16.7 Å². The quantitative estimate of drug-likeness (QED) is 0.633. The number of hydrogen-bond acceptors (Lipinski definition) is 3. The highest BCUT2D eigenvalue weighted by atomic mass is 35.5. The van der Waals surface area contributed by atoms with E-state index in [1.807, 2.05) is 6.92 Å². The van der Waals surface area contributed by atoms with Crippen LogP contribution in [0.5, 0.6) is 0 Å². The summed E-state index contributed by atoms with van der Waals surface area (Å²) in [5.74, 6) is 0.632. The number of carbonyl (C=O) groups is 1. The Morgan fingerprint density at radius 1 is 1.11 bits per heavy atom. The number of amides is 1. The molecule has 0 unspecified atom stereocenters. The van der Waals surface area contributed by atoms with Gasteiger partial charge in [-0.3, -0.25) is 9.00 Å². The zero-order valence-electron chi connectivity index (χ0n) is 14.9. The maximum atomic E-state index is 12.4. The summed E-state index contributed by atoms with van der Waals surface area (Å²) in [6.45, 7) is 2.56. The summed E-state index contributed by atoms with van der Waals surface area (Å²) in [6.07, 6.45) is 0.748. The Morgan fingerprint density at radius 3 is 2.63 bits per heavy atom. The third-order valence-corrected chi connectivity index (χ3v) is 5.60. The van der Waals surface area contributed by atoms with E-state index >= 15 is 0 Å². The van der Waals surface area contributed by atoms with Crippen LogP contribution < -0.4 is 5.32 Å². The van der Waals surface area contributed by atoms with Crippen molar-refractivity contribution in [2.45, 2.75) is 24.0 Å². The molecule has 0 aliphatic carbocycles. The Bertz CT molecular complexity index is 950. The molecule has 0 aliphatic heterocycles. The second-order valence-electron chi connectivity index (χ2n) is 6.20. The molecule has 1 amide bonds. The lowest BCUT2D eigenvalue weighted by molar-refractivity contribution is 0.0925. The van der Waals surface area contributed by atoms with Gasteiger partial charge in [-0.15, -0.1) is 0 Å². The van der Waals surface area contributed by atoms with Gasteiger partial charge < -0.3 is 9.73 Å². The number of carbonyl (C=O) groups excluding carboxylic acids is 1. The van der Waals surface area contributed by atoms with Crippen molar-refractivity contribution in [3.05, 3.63) is 88.3 Å². The first-order valence-electron chi connectivity index (χ1n) is 8.57. The van der Waals surface area contributed by atoms with Crippen molar-refractivity contribution >= 4 is 28.3 Å². The highest BCUT2D eigenvalue weighted by Crippen LogP contribution is 2.18. The Kier molecular flexibility index (Phi) is 6.48. The number of aryl methyl sites for hydroxylation is 1. The molecule has 4 nitrogen and oxygen atoms in total. The highest BCUT2D eigenvalue weighted by Gasteiger charge is 2.13. The molecule has 1 aromatic heterocycles. The number of nitrogens with one attached hydrogen (secondary N) is 1. The SMILES string of the molecule is Cc1ccc(CCNC(=O)c2ccc(C[S@@](=O)c3cccc(Cl)c3)o2)cc1. The van der Waals surface area contributed by atoms with E-state index in [4.69, 9.17) is 16.0 Å². The van der Waals surface area contributed by atoms with Crippen LogP contribution in [0, 0.1) is 6.92 Å². The minimum atomic E-state index is -1.29. The van der Waals surface area contributed by atoms with Crippen LogP contribution in [0.1, 0.15) is 27.4 Å². The summed E-state index contributed by atoms with van der Waals surface area (Å²) in [6, 6.07) is 18.4.